The number of nitrogens with two attached hydrogens (primary N) is 1. The molecule has 0 spiro atoms. The van der Waals surface area contributed by atoms with Crippen LogP contribution in [0.5, 0.6) is 0 Å². The summed E-state index contributed by atoms with van der Waals surface area (Å²) in [5.41, 5.74) is 10.1. The van der Waals surface area contributed by atoms with Crippen molar-refractivity contribution < 1.29 is 4.79 Å². The predicted octanol–water partition coefficient (Wildman–Crippen LogP) is 3.36. The van der Waals surface area contributed by atoms with Crippen molar-refractivity contribution >= 4 is 27.4 Å². The van der Waals surface area contributed by atoms with Gasteiger partial charge < -0.3 is 11.1 Å². The number of rotatable bonds is 3. The zero-order valence-electron chi connectivity index (χ0n) is 11.3. The third-order valence-corrected chi connectivity index (χ3v) is 3.80. The van der Waals surface area contributed by atoms with E-state index in [4.69, 9.17) is 5.73 Å². The van der Waals surface area contributed by atoms with E-state index in [9.17, 15) is 4.79 Å². The molecule has 100 valence electrons. The van der Waals surface area contributed by atoms with Crippen molar-refractivity contribution in [3.63, 3.8) is 0 Å². The lowest BCUT2D eigenvalue weighted by atomic mass is 10.0. The van der Waals surface area contributed by atoms with E-state index >= 15 is 0 Å². The van der Waals surface area contributed by atoms with Crippen molar-refractivity contribution in [2.75, 3.05) is 11.1 Å². The fraction of sp³-hybridized carbons (Fsp3) is 0.286. The molecule has 0 saturated heterocycles. The van der Waals surface area contributed by atoms with Crippen LogP contribution >= 0.6 is 11.3 Å². The second kappa shape index (κ2) is 5.40. The van der Waals surface area contributed by atoms with Gasteiger partial charge in [0, 0.05) is 12.0 Å². The van der Waals surface area contributed by atoms with Crippen molar-refractivity contribution in [1.29, 1.82) is 0 Å². The van der Waals surface area contributed by atoms with Crippen molar-refractivity contribution in [2.24, 2.45) is 0 Å². The van der Waals surface area contributed by atoms with Gasteiger partial charge in [0.15, 0.2) is 5.13 Å². The quantitative estimate of drug-likeness (QED) is 0.902. The van der Waals surface area contributed by atoms with Crippen LogP contribution < -0.4 is 11.1 Å². The Morgan fingerprint density at radius 2 is 2.11 bits per heavy atom. The number of thiazole rings is 1. The number of aryl methyl sites for hydroxylation is 2. The van der Waals surface area contributed by atoms with Gasteiger partial charge in [-0.3, -0.25) is 4.79 Å². The number of hydrogen-bond donors (Lipinski definition) is 2. The molecule has 0 aliphatic heterocycles. The first kappa shape index (κ1) is 13.5. The second-order valence-electron chi connectivity index (χ2n) is 4.43. The molecule has 2 rings (SSSR count). The molecule has 1 aromatic carbocycles. The van der Waals surface area contributed by atoms with Crippen LogP contribution in [0.4, 0.5) is 10.1 Å². The minimum absolute atomic E-state index is 0.0552. The summed E-state index contributed by atoms with van der Waals surface area (Å²) in [7, 11) is 0. The molecule has 0 bridgehead atoms. The van der Waals surface area contributed by atoms with Gasteiger partial charge >= 0.3 is 0 Å². The number of nitrogen functional groups attached to an aromatic ring is 1. The van der Waals surface area contributed by atoms with Crippen LogP contribution in [0.25, 0.3) is 11.3 Å². The Balaban J connectivity index is 2.34. The number of nitrogens with zero attached hydrogens (tertiary/aromatic N) is 1. The van der Waals surface area contributed by atoms with Gasteiger partial charge in [0.2, 0.25) is 5.91 Å². The minimum atomic E-state index is -0.0552. The average molecular weight is 275 g/mol. The van der Waals surface area contributed by atoms with Gasteiger partial charge in [-0.1, -0.05) is 30.4 Å². The summed E-state index contributed by atoms with van der Waals surface area (Å²) in [5, 5.41) is 3.91. The highest BCUT2D eigenvalue weighted by atomic mass is 32.1. The molecule has 0 radical (unpaired) electrons. The Morgan fingerprint density at radius 1 is 1.37 bits per heavy atom. The molecule has 1 heterocycles. The summed E-state index contributed by atoms with van der Waals surface area (Å²) in [5.74, 6) is -0.0552. The van der Waals surface area contributed by atoms with Gasteiger partial charge in [-0.15, -0.1) is 0 Å². The van der Waals surface area contributed by atoms with Gasteiger partial charge in [0.05, 0.1) is 0 Å². The molecule has 4 nitrogen and oxygen atoms in total. The van der Waals surface area contributed by atoms with Gasteiger partial charge in [0.1, 0.15) is 10.7 Å². The van der Waals surface area contributed by atoms with Crippen molar-refractivity contribution in [3.8, 4) is 11.3 Å². The molecule has 0 aliphatic carbocycles. The van der Waals surface area contributed by atoms with Gasteiger partial charge in [-0.2, -0.15) is 0 Å². The smallest absolute Gasteiger partial charge is 0.225 e. The van der Waals surface area contributed by atoms with Crippen LogP contribution in [0.3, 0.4) is 0 Å². The largest absolute Gasteiger partial charge is 0.389 e. The summed E-state index contributed by atoms with van der Waals surface area (Å²) < 4.78 is 0. The zero-order chi connectivity index (χ0) is 14.0. The molecule has 0 saturated carbocycles. The molecule has 0 fully saturated rings. The first-order chi connectivity index (χ1) is 9.01. The third kappa shape index (κ3) is 2.93. The molecule has 19 heavy (non-hydrogen) atoms. The topological polar surface area (TPSA) is 68.0 Å². The fourth-order valence-corrected chi connectivity index (χ4v) is 2.46. The van der Waals surface area contributed by atoms with Crippen molar-refractivity contribution in [3.05, 3.63) is 29.3 Å². The van der Waals surface area contributed by atoms with E-state index in [1.165, 1.54) is 22.5 Å². The first-order valence-electron chi connectivity index (χ1n) is 6.15. The minimum Gasteiger partial charge on any atom is -0.389 e. The van der Waals surface area contributed by atoms with Gasteiger partial charge in [0.25, 0.3) is 0 Å². The van der Waals surface area contributed by atoms with E-state index in [2.05, 4.69) is 30.2 Å². The fourth-order valence-electron chi connectivity index (χ4n) is 1.69. The molecular weight excluding hydrogens is 258 g/mol. The first-order valence-corrected chi connectivity index (χ1v) is 6.96. The average Bonchev–Trinajstić information content (AvgIpc) is 2.73. The number of carbonyl (C=O) groups is 1. The van der Waals surface area contributed by atoms with Gasteiger partial charge in [-0.25, -0.2) is 4.98 Å². The summed E-state index contributed by atoms with van der Waals surface area (Å²) in [6.07, 6.45) is 0.429. The summed E-state index contributed by atoms with van der Waals surface area (Å²) in [6, 6.07) is 6.11. The Kier molecular flexibility index (Phi) is 3.85. The molecule has 1 aromatic heterocycles. The lowest BCUT2D eigenvalue weighted by molar-refractivity contribution is -0.115. The molecule has 0 atom stereocenters. The Morgan fingerprint density at radius 3 is 2.74 bits per heavy atom. The zero-order valence-corrected chi connectivity index (χ0v) is 12.1. The molecule has 3 N–H and O–H groups in total. The SMILES string of the molecule is CCC(=O)Nc1nc(-c2ccc(C)c(C)c2)c(N)s1. The molecular formula is C14H17N3OS. The van der Waals surface area contributed by atoms with Crippen LogP contribution in [0, 0.1) is 13.8 Å². The number of aromatic nitrogens is 1. The standard InChI is InChI=1S/C14H17N3OS/c1-4-11(18)16-14-17-12(13(15)19-14)10-6-5-8(2)9(3)7-10/h5-7H,4,15H2,1-3H3,(H,16,17,18). The number of carbonyl (C=O) groups excluding carboxylic acids is 1. The maximum Gasteiger partial charge on any atom is 0.225 e. The molecule has 1 amide bonds. The monoisotopic (exact) mass is 275 g/mol. The Hall–Kier alpha value is -1.88. The maximum absolute atomic E-state index is 11.4. The van der Waals surface area contributed by atoms with Crippen LogP contribution in [0.15, 0.2) is 18.2 Å². The second-order valence-corrected chi connectivity index (χ2v) is 5.46. The predicted molar refractivity (Wildman–Crippen MR) is 80.4 cm³/mol. The normalized spacial score (nSPS) is 10.5. The lowest BCUT2D eigenvalue weighted by Crippen LogP contribution is -2.08. The van der Waals surface area contributed by atoms with E-state index in [1.54, 1.807) is 6.92 Å². The van der Waals surface area contributed by atoms with Crippen LogP contribution in [0.1, 0.15) is 24.5 Å². The number of benzene rings is 1. The number of nitrogens with one attached hydrogen (secondary N) is 1. The van der Waals surface area contributed by atoms with E-state index in [0.717, 1.165) is 11.3 Å². The van der Waals surface area contributed by atoms with Crippen LogP contribution in [-0.4, -0.2) is 10.9 Å². The van der Waals surface area contributed by atoms with Crippen molar-refractivity contribution in [2.45, 2.75) is 27.2 Å². The van der Waals surface area contributed by atoms with Crippen molar-refractivity contribution in [1.82, 2.24) is 4.98 Å². The van der Waals surface area contributed by atoms with Crippen LogP contribution in [-0.2, 0) is 4.79 Å². The van der Waals surface area contributed by atoms with E-state index < -0.39 is 0 Å². The van der Waals surface area contributed by atoms with E-state index in [0.29, 0.717) is 16.6 Å². The summed E-state index contributed by atoms with van der Waals surface area (Å²) >= 11 is 1.30. The van der Waals surface area contributed by atoms with Crippen LogP contribution in [0.2, 0.25) is 0 Å². The summed E-state index contributed by atoms with van der Waals surface area (Å²) in [6.45, 7) is 5.92. The molecule has 0 aliphatic rings. The lowest BCUT2D eigenvalue weighted by Gasteiger charge is -2.03. The highest BCUT2D eigenvalue weighted by molar-refractivity contribution is 7.20. The van der Waals surface area contributed by atoms with Gasteiger partial charge in [-0.05, 0) is 31.0 Å². The third-order valence-electron chi connectivity index (χ3n) is 3.00. The van der Waals surface area contributed by atoms with E-state index in [1.807, 2.05) is 12.1 Å². The number of amides is 1. The van der Waals surface area contributed by atoms with E-state index in [-0.39, 0.29) is 5.91 Å². The Bertz CT molecular complexity index is 619. The number of hydrogen-bond acceptors (Lipinski definition) is 4. The Labute approximate surface area is 116 Å². The molecule has 0 unspecified atom stereocenters. The highest BCUT2D eigenvalue weighted by Gasteiger charge is 2.12. The summed E-state index contributed by atoms with van der Waals surface area (Å²) in [4.78, 5) is 15.8. The number of anilines is 2. The molecule has 5 heteroatoms. The maximum atomic E-state index is 11.4. The highest BCUT2D eigenvalue weighted by Crippen LogP contribution is 2.34. The molecule has 2 aromatic rings.